The Morgan fingerprint density at radius 3 is 2.10 bits per heavy atom. The van der Waals surface area contributed by atoms with Crippen LogP contribution in [0.1, 0.15) is 57.3 Å². The topological polar surface area (TPSA) is 58.2 Å². The standard InChI is InChI=1S/C31H33FN2O2S.C2H6/c1-5-9-22(10-6-2)21-37-28-17-15-27(16-18-28)33-30(36)31(19-23(7-3)24(8-4)20-31)34-29(35)25-11-13-26(32)14-12-25;1-2/h5,7-18H,3-4,6,19-21H2,1-2H3,(H,33,36)(H,34,35);1-2H3/b9-5-,22-10+;. The molecule has 0 saturated carbocycles. The van der Waals surface area contributed by atoms with E-state index < -0.39 is 17.3 Å². The second kappa shape index (κ2) is 15.7. The van der Waals surface area contributed by atoms with E-state index in [0.717, 1.165) is 28.2 Å². The summed E-state index contributed by atoms with van der Waals surface area (Å²) in [5.74, 6) is -0.355. The molecule has 0 atom stereocenters. The fraction of sp³-hybridized carbons (Fsp3) is 0.273. The molecule has 0 saturated heterocycles. The first-order valence-electron chi connectivity index (χ1n) is 13.2. The molecule has 1 aliphatic carbocycles. The maximum absolute atomic E-state index is 13.6. The highest BCUT2D eigenvalue weighted by atomic mass is 32.2. The molecule has 0 aliphatic heterocycles. The first-order chi connectivity index (χ1) is 18.8. The van der Waals surface area contributed by atoms with Crippen molar-refractivity contribution in [3.8, 4) is 0 Å². The quantitative estimate of drug-likeness (QED) is 0.220. The molecule has 6 heteroatoms. The largest absolute Gasteiger partial charge is 0.337 e. The van der Waals surface area contributed by atoms with Crippen LogP contribution in [0.2, 0.25) is 0 Å². The van der Waals surface area contributed by atoms with E-state index in [2.05, 4.69) is 42.9 Å². The van der Waals surface area contributed by atoms with Crippen LogP contribution in [0.5, 0.6) is 0 Å². The van der Waals surface area contributed by atoms with Crippen LogP contribution in [-0.4, -0.2) is 23.1 Å². The Bertz CT molecular complexity index is 1220. The number of anilines is 1. The molecule has 0 unspecified atom stereocenters. The van der Waals surface area contributed by atoms with Crippen LogP contribution >= 0.6 is 11.8 Å². The molecule has 3 rings (SSSR count). The van der Waals surface area contributed by atoms with Gasteiger partial charge in [0.2, 0.25) is 0 Å². The van der Waals surface area contributed by atoms with Crippen molar-refractivity contribution in [1.29, 1.82) is 0 Å². The van der Waals surface area contributed by atoms with E-state index in [4.69, 9.17) is 0 Å². The van der Waals surface area contributed by atoms with E-state index in [1.165, 1.54) is 29.8 Å². The van der Waals surface area contributed by atoms with Crippen LogP contribution in [0.25, 0.3) is 0 Å². The Morgan fingerprint density at radius 2 is 1.59 bits per heavy atom. The zero-order chi connectivity index (χ0) is 28.8. The molecular formula is C33H39FN2O2S. The number of hydrogen-bond acceptors (Lipinski definition) is 3. The van der Waals surface area contributed by atoms with E-state index in [1.807, 2.05) is 51.1 Å². The van der Waals surface area contributed by atoms with Gasteiger partial charge in [0.05, 0.1) is 0 Å². The molecule has 0 fully saturated rings. The minimum Gasteiger partial charge on any atom is -0.337 e. The van der Waals surface area contributed by atoms with Crippen molar-refractivity contribution < 1.29 is 14.0 Å². The number of halogens is 1. The van der Waals surface area contributed by atoms with Gasteiger partial charge in [-0.15, -0.1) is 11.8 Å². The summed E-state index contributed by atoms with van der Waals surface area (Å²) in [5, 5.41) is 5.89. The molecule has 0 aromatic heterocycles. The highest BCUT2D eigenvalue weighted by Gasteiger charge is 2.45. The third-order valence-electron chi connectivity index (χ3n) is 6.15. The fourth-order valence-corrected chi connectivity index (χ4v) is 5.12. The lowest BCUT2D eigenvalue weighted by atomic mass is 9.92. The predicted molar refractivity (Wildman–Crippen MR) is 164 cm³/mol. The highest BCUT2D eigenvalue weighted by molar-refractivity contribution is 7.99. The number of benzene rings is 2. The molecule has 2 N–H and O–H groups in total. The van der Waals surface area contributed by atoms with Gasteiger partial charge in [-0.3, -0.25) is 9.59 Å². The lowest BCUT2D eigenvalue weighted by Crippen LogP contribution is -2.55. The van der Waals surface area contributed by atoms with Crippen LogP contribution in [0.4, 0.5) is 10.1 Å². The second-order valence-electron chi connectivity index (χ2n) is 8.81. The van der Waals surface area contributed by atoms with Gasteiger partial charge in [0.1, 0.15) is 11.4 Å². The van der Waals surface area contributed by atoms with Crippen molar-refractivity contribution >= 4 is 29.3 Å². The summed E-state index contributed by atoms with van der Waals surface area (Å²) in [6.07, 6.45) is 11.3. The van der Waals surface area contributed by atoms with Gasteiger partial charge in [-0.2, -0.15) is 0 Å². The molecule has 2 amide bonds. The lowest BCUT2D eigenvalue weighted by Gasteiger charge is -2.30. The van der Waals surface area contributed by atoms with Gasteiger partial charge in [-0.25, -0.2) is 4.39 Å². The summed E-state index contributed by atoms with van der Waals surface area (Å²) in [7, 11) is 0. The molecule has 1 aliphatic rings. The Kier molecular flexibility index (Phi) is 12.7. The number of allylic oxidation sites excluding steroid dienone is 5. The van der Waals surface area contributed by atoms with Crippen molar-refractivity contribution in [2.75, 3.05) is 11.1 Å². The van der Waals surface area contributed by atoms with E-state index in [9.17, 15) is 14.0 Å². The minimum atomic E-state index is -1.22. The van der Waals surface area contributed by atoms with Crippen molar-refractivity contribution in [2.24, 2.45) is 0 Å². The molecule has 0 heterocycles. The lowest BCUT2D eigenvalue weighted by molar-refractivity contribution is -0.121. The first kappa shape index (κ1) is 31.6. The SMILES string of the molecule is C=CC1=C(C=C)CC(NC(=O)c2ccc(F)cc2)(C(=O)Nc2ccc(SCC(/C=C\C)=C/CC)cc2)C1.CC. The third-order valence-corrected chi connectivity index (χ3v) is 7.23. The van der Waals surface area contributed by atoms with E-state index >= 15 is 0 Å². The zero-order valence-corrected chi connectivity index (χ0v) is 24.2. The van der Waals surface area contributed by atoms with Crippen LogP contribution in [-0.2, 0) is 4.79 Å². The van der Waals surface area contributed by atoms with E-state index in [-0.39, 0.29) is 24.3 Å². The summed E-state index contributed by atoms with van der Waals surface area (Å²) >= 11 is 1.73. The number of carbonyl (C=O) groups excluding carboxylic acids is 2. The smallest absolute Gasteiger partial charge is 0.252 e. The molecular weight excluding hydrogens is 507 g/mol. The minimum absolute atomic E-state index is 0.275. The average molecular weight is 547 g/mol. The number of thioether (sulfide) groups is 1. The van der Waals surface area contributed by atoms with Gasteiger partial charge >= 0.3 is 0 Å². The van der Waals surface area contributed by atoms with Gasteiger partial charge in [0.25, 0.3) is 11.8 Å². The van der Waals surface area contributed by atoms with E-state index in [1.54, 1.807) is 23.9 Å². The normalized spacial score (nSPS) is 14.4. The highest BCUT2D eigenvalue weighted by Crippen LogP contribution is 2.37. The first-order valence-corrected chi connectivity index (χ1v) is 14.2. The summed E-state index contributed by atoms with van der Waals surface area (Å²) < 4.78 is 13.3. The zero-order valence-electron chi connectivity index (χ0n) is 23.4. The summed E-state index contributed by atoms with van der Waals surface area (Å²) in [6, 6.07) is 12.9. The van der Waals surface area contributed by atoms with Gasteiger partial charge in [0.15, 0.2) is 0 Å². The molecule has 206 valence electrons. The maximum atomic E-state index is 13.6. The van der Waals surface area contributed by atoms with Crippen LogP contribution in [0.3, 0.4) is 0 Å². The molecule has 0 spiro atoms. The molecule has 0 bridgehead atoms. The monoisotopic (exact) mass is 546 g/mol. The van der Waals surface area contributed by atoms with Crippen molar-refractivity contribution in [3.05, 3.63) is 120 Å². The maximum Gasteiger partial charge on any atom is 0.252 e. The number of hydrogen-bond donors (Lipinski definition) is 2. The third kappa shape index (κ3) is 8.69. The van der Waals surface area contributed by atoms with E-state index in [0.29, 0.717) is 5.69 Å². The Labute approximate surface area is 236 Å². The Balaban J connectivity index is 0.00000260. The van der Waals surface area contributed by atoms with Crippen molar-refractivity contribution in [3.63, 3.8) is 0 Å². The molecule has 0 radical (unpaired) electrons. The van der Waals surface area contributed by atoms with Gasteiger partial charge < -0.3 is 10.6 Å². The summed E-state index contributed by atoms with van der Waals surface area (Å²) in [6.45, 7) is 15.8. The van der Waals surface area contributed by atoms with Crippen LogP contribution in [0.15, 0.2) is 114 Å². The van der Waals surface area contributed by atoms with Gasteiger partial charge in [0, 0.05) is 34.7 Å². The van der Waals surface area contributed by atoms with Crippen molar-refractivity contribution in [1.82, 2.24) is 5.32 Å². The summed E-state index contributed by atoms with van der Waals surface area (Å²) in [5.41, 5.74) is 2.67. The van der Waals surface area contributed by atoms with Crippen LogP contribution in [0, 0.1) is 5.82 Å². The fourth-order valence-electron chi connectivity index (χ4n) is 4.25. The molecule has 39 heavy (non-hydrogen) atoms. The molecule has 2 aromatic rings. The van der Waals surface area contributed by atoms with Gasteiger partial charge in [-0.1, -0.05) is 64.3 Å². The molecule has 4 nitrogen and oxygen atoms in total. The van der Waals surface area contributed by atoms with Crippen molar-refractivity contribution in [2.45, 2.75) is 57.4 Å². The number of nitrogens with one attached hydrogen (secondary N) is 2. The average Bonchev–Trinajstić information content (AvgIpc) is 3.33. The van der Waals surface area contributed by atoms with Gasteiger partial charge in [-0.05, 0) is 78.6 Å². The summed E-state index contributed by atoms with van der Waals surface area (Å²) in [4.78, 5) is 27.7. The number of rotatable bonds is 11. The van der Waals surface area contributed by atoms with Crippen LogP contribution < -0.4 is 10.6 Å². The Morgan fingerprint density at radius 1 is 1.00 bits per heavy atom. The molecule has 2 aromatic carbocycles. The number of carbonyl (C=O) groups is 2. The second-order valence-corrected chi connectivity index (χ2v) is 9.86. The Hall–Kier alpha value is -3.64. The predicted octanol–water partition coefficient (Wildman–Crippen LogP) is 8.43. The number of amides is 2.